The van der Waals surface area contributed by atoms with E-state index in [1.54, 1.807) is 7.05 Å². The zero-order chi connectivity index (χ0) is 14.3. The number of alkyl halides is 2. The van der Waals surface area contributed by atoms with Crippen molar-refractivity contribution in [1.82, 2.24) is 10.6 Å². The number of nitrogens with one attached hydrogen (secondary N) is 2. The minimum Gasteiger partial charge on any atom is -0.434 e. The standard InChI is InChI=1S/C12H15F3N2O2/c1-16-5-2-6-17-11(18)9-4-3-8(13)7-10(9)19-12(14)15/h3-4,7,12,16H,2,5-6H2,1H3,(H,17,18). The minimum absolute atomic E-state index is 0.119. The number of benzene rings is 1. The van der Waals surface area contributed by atoms with Gasteiger partial charge in [-0.1, -0.05) is 0 Å². The first-order valence-electron chi connectivity index (χ1n) is 5.71. The third-order valence-corrected chi connectivity index (χ3v) is 2.29. The van der Waals surface area contributed by atoms with Crippen molar-refractivity contribution in [3.05, 3.63) is 29.6 Å². The van der Waals surface area contributed by atoms with Crippen LogP contribution in [0.15, 0.2) is 18.2 Å². The Labute approximate surface area is 108 Å². The van der Waals surface area contributed by atoms with Gasteiger partial charge in [0.05, 0.1) is 5.56 Å². The number of carbonyl (C=O) groups excluding carboxylic acids is 1. The molecule has 0 saturated heterocycles. The molecule has 1 aromatic carbocycles. The molecule has 0 radical (unpaired) electrons. The Morgan fingerprint density at radius 3 is 2.74 bits per heavy atom. The van der Waals surface area contributed by atoms with Crippen molar-refractivity contribution < 1.29 is 22.7 Å². The van der Waals surface area contributed by atoms with Crippen LogP contribution in [0.1, 0.15) is 16.8 Å². The number of hydrogen-bond donors (Lipinski definition) is 2. The van der Waals surface area contributed by atoms with E-state index in [-0.39, 0.29) is 5.56 Å². The summed E-state index contributed by atoms with van der Waals surface area (Å²) in [5, 5.41) is 5.44. The van der Waals surface area contributed by atoms with Crippen LogP contribution in [0.2, 0.25) is 0 Å². The van der Waals surface area contributed by atoms with Crippen molar-refractivity contribution in [2.75, 3.05) is 20.1 Å². The van der Waals surface area contributed by atoms with E-state index in [0.29, 0.717) is 19.5 Å². The second-order valence-electron chi connectivity index (χ2n) is 3.73. The number of rotatable bonds is 7. The third kappa shape index (κ3) is 5.17. The maximum absolute atomic E-state index is 12.9. The highest BCUT2D eigenvalue weighted by atomic mass is 19.3. The van der Waals surface area contributed by atoms with Crippen LogP contribution in [0.25, 0.3) is 0 Å². The van der Waals surface area contributed by atoms with Gasteiger partial charge in [-0.15, -0.1) is 0 Å². The van der Waals surface area contributed by atoms with Gasteiger partial charge in [0.1, 0.15) is 11.6 Å². The summed E-state index contributed by atoms with van der Waals surface area (Å²) in [7, 11) is 1.77. The smallest absolute Gasteiger partial charge is 0.387 e. The normalized spacial score (nSPS) is 10.6. The molecule has 0 aliphatic carbocycles. The van der Waals surface area contributed by atoms with Crippen LogP contribution in [0, 0.1) is 5.82 Å². The van der Waals surface area contributed by atoms with Gasteiger partial charge >= 0.3 is 6.61 Å². The lowest BCUT2D eigenvalue weighted by molar-refractivity contribution is -0.0503. The maximum Gasteiger partial charge on any atom is 0.387 e. The predicted molar refractivity (Wildman–Crippen MR) is 63.9 cm³/mol. The molecule has 0 atom stereocenters. The van der Waals surface area contributed by atoms with Crippen LogP contribution < -0.4 is 15.4 Å². The molecule has 0 fully saturated rings. The van der Waals surface area contributed by atoms with E-state index in [2.05, 4.69) is 15.4 Å². The molecule has 2 N–H and O–H groups in total. The second kappa shape index (κ2) is 7.63. The van der Waals surface area contributed by atoms with Crippen molar-refractivity contribution in [3.63, 3.8) is 0 Å². The summed E-state index contributed by atoms with van der Waals surface area (Å²) in [5.41, 5.74) is -0.119. The van der Waals surface area contributed by atoms with Crippen LogP contribution >= 0.6 is 0 Å². The molecule has 0 saturated carbocycles. The first kappa shape index (κ1) is 15.3. The van der Waals surface area contributed by atoms with Crippen LogP contribution in [-0.2, 0) is 0 Å². The fourth-order valence-corrected chi connectivity index (χ4v) is 1.44. The number of ether oxygens (including phenoxy) is 1. The van der Waals surface area contributed by atoms with Gasteiger partial charge in [0, 0.05) is 12.6 Å². The molecular weight excluding hydrogens is 261 g/mol. The lowest BCUT2D eigenvalue weighted by Gasteiger charge is -2.11. The highest BCUT2D eigenvalue weighted by Crippen LogP contribution is 2.21. The molecule has 0 unspecified atom stereocenters. The molecule has 0 bridgehead atoms. The number of hydrogen-bond acceptors (Lipinski definition) is 3. The van der Waals surface area contributed by atoms with E-state index < -0.39 is 24.1 Å². The summed E-state index contributed by atoms with van der Waals surface area (Å²) < 4.78 is 41.4. The highest BCUT2D eigenvalue weighted by molar-refractivity contribution is 5.96. The number of halogens is 3. The van der Waals surface area contributed by atoms with Gasteiger partial charge in [-0.3, -0.25) is 4.79 Å². The van der Waals surface area contributed by atoms with E-state index in [1.165, 1.54) is 0 Å². The lowest BCUT2D eigenvalue weighted by atomic mass is 10.2. The van der Waals surface area contributed by atoms with Crippen LogP contribution in [0.3, 0.4) is 0 Å². The first-order chi connectivity index (χ1) is 9.04. The Morgan fingerprint density at radius 1 is 1.37 bits per heavy atom. The quantitative estimate of drug-likeness (QED) is 0.746. The van der Waals surface area contributed by atoms with Crippen LogP contribution in [0.5, 0.6) is 5.75 Å². The highest BCUT2D eigenvalue weighted by Gasteiger charge is 2.16. The summed E-state index contributed by atoms with van der Waals surface area (Å²) >= 11 is 0. The topological polar surface area (TPSA) is 50.4 Å². The molecule has 1 aromatic rings. The Hall–Kier alpha value is -1.76. The fourth-order valence-electron chi connectivity index (χ4n) is 1.44. The van der Waals surface area contributed by atoms with Gasteiger partial charge in [0.15, 0.2) is 0 Å². The molecule has 1 rings (SSSR count). The van der Waals surface area contributed by atoms with E-state index in [1.807, 2.05) is 0 Å². The Bertz CT molecular complexity index is 427. The second-order valence-corrected chi connectivity index (χ2v) is 3.73. The van der Waals surface area contributed by atoms with Gasteiger partial charge in [0.2, 0.25) is 0 Å². The van der Waals surface area contributed by atoms with Gasteiger partial charge in [0.25, 0.3) is 5.91 Å². The summed E-state index contributed by atoms with van der Waals surface area (Å²) in [6.45, 7) is -2.02. The first-order valence-corrected chi connectivity index (χ1v) is 5.71. The molecule has 0 aliphatic rings. The van der Waals surface area contributed by atoms with E-state index >= 15 is 0 Å². The summed E-state index contributed by atoms with van der Waals surface area (Å²) in [5.74, 6) is -1.80. The van der Waals surface area contributed by atoms with E-state index in [0.717, 1.165) is 18.2 Å². The summed E-state index contributed by atoms with van der Waals surface area (Å²) in [6.07, 6.45) is 0.689. The molecule has 106 valence electrons. The van der Waals surface area contributed by atoms with Crippen molar-refractivity contribution in [3.8, 4) is 5.75 Å². The molecule has 4 nitrogen and oxygen atoms in total. The molecule has 0 heterocycles. The molecular formula is C12H15F3N2O2. The van der Waals surface area contributed by atoms with Crippen LogP contribution in [-0.4, -0.2) is 32.7 Å². The summed E-state index contributed by atoms with van der Waals surface area (Å²) in [4.78, 5) is 11.7. The van der Waals surface area contributed by atoms with Crippen molar-refractivity contribution in [2.45, 2.75) is 13.0 Å². The largest absolute Gasteiger partial charge is 0.434 e. The zero-order valence-corrected chi connectivity index (χ0v) is 10.4. The summed E-state index contributed by atoms with van der Waals surface area (Å²) in [6, 6.07) is 2.88. The third-order valence-electron chi connectivity index (χ3n) is 2.29. The fraction of sp³-hybridized carbons (Fsp3) is 0.417. The number of amides is 1. The predicted octanol–water partition coefficient (Wildman–Crippen LogP) is 1.77. The van der Waals surface area contributed by atoms with E-state index in [9.17, 15) is 18.0 Å². The molecule has 0 spiro atoms. The molecule has 0 aromatic heterocycles. The monoisotopic (exact) mass is 276 g/mol. The number of carbonyl (C=O) groups is 1. The Morgan fingerprint density at radius 2 is 2.11 bits per heavy atom. The lowest BCUT2D eigenvalue weighted by Crippen LogP contribution is -2.27. The van der Waals surface area contributed by atoms with E-state index in [4.69, 9.17) is 0 Å². The molecule has 19 heavy (non-hydrogen) atoms. The average Bonchev–Trinajstić information content (AvgIpc) is 2.34. The van der Waals surface area contributed by atoms with Gasteiger partial charge in [-0.25, -0.2) is 4.39 Å². The van der Waals surface area contributed by atoms with Gasteiger partial charge in [-0.2, -0.15) is 8.78 Å². The molecule has 7 heteroatoms. The molecule has 1 amide bonds. The maximum atomic E-state index is 12.9. The average molecular weight is 276 g/mol. The Balaban J connectivity index is 2.72. The molecule has 0 aliphatic heterocycles. The van der Waals surface area contributed by atoms with Gasteiger partial charge < -0.3 is 15.4 Å². The zero-order valence-electron chi connectivity index (χ0n) is 10.4. The van der Waals surface area contributed by atoms with Gasteiger partial charge in [-0.05, 0) is 32.1 Å². The SMILES string of the molecule is CNCCCNC(=O)c1ccc(F)cc1OC(F)F. The van der Waals surface area contributed by atoms with Crippen molar-refractivity contribution >= 4 is 5.91 Å². The van der Waals surface area contributed by atoms with Crippen LogP contribution in [0.4, 0.5) is 13.2 Å². The minimum atomic E-state index is -3.11. The van der Waals surface area contributed by atoms with Crippen molar-refractivity contribution in [1.29, 1.82) is 0 Å². The van der Waals surface area contributed by atoms with Crippen molar-refractivity contribution in [2.24, 2.45) is 0 Å². The Kier molecular flexibility index (Phi) is 6.14.